The van der Waals surface area contributed by atoms with Crippen molar-refractivity contribution in [2.24, 2.45) is 0 Å². The number of hydrogen-bond acceptors (Lipinski definition) is 4. The van der Waals surface area contributed by atoms with E-state index < -0.39 is 0 Å². The molecule has 94 valence electrons. The lowest BCUT2D eigenvalue weighted by atomic mass is 10.2. The molecule has 0 atom stereocenters. The molecule has 1 heterocycles. The lowest BCUT2D eigenvalue weighted by Gasteiger charge is -2.06. The van der Waals surface area contributed by atoms with Crippen molar-refractivity contribution >= 4 is 34.5 Å². The molecule has 1 amide bonds. The van der Waals surface area contributed by atoms with Gasteiger partial charge < -0.3 is 11.1 Å². The Labute approximate surface area is 114 Å². The predicted molar refractivity (Wildman–Crippen MR) is 73.9 cm³/mol. The fraction of sp³-hybridized carbons (Fsp3) is 0.167. The number of aromatic nitrogens is 1. The number of carbonyl (C=O) groups excluding carboxylic acids is 1. The van der Waals surface area contributed by atoms with E-state index in [2.05, 4.69) is 10.3 Å². The number of hydrogen-bond donors (Lipinski definition) is 2. The van der Waals surface area contributed by atoms with Crippen LogP contribution in [-0.4, -0.2) is 10.9 Å². The molecular weight excluding hydrogens is 270 g/mol. The van der Waals surface area contributed by atoms with Gasteiger partial charge in [-0.1, -0.05) is 11.6 Å². The number of nitrogens with two attached hydrogens (primary N) is 1. The van der Waals surface area contributed by atoms with E-state index in [4.69, 9.17) is 17.3 Å². The molecule has 0 aliphatic rings. The Morgan fingerprint density at radius 3 is 2.94 bits per heavy atom. The summed E-state index contributed by atoms with van der Waals surface area (Å²) >= 11 is 7.51. The van der Waals surface area contributed by atoms with Crippen molar-refractivity contribution in [2.75, 3.05) is 5.73 Å². The van der Waals surface area contributed by atoms with Crippen LogP contribution in [0.25, 0.3) is 0 Å². The molecule has 0 aliphatic carbocycles. The van der Waals surface area contributed by atoms with E-state index in [0.717, 1.165) is 10.7 Å². The van der Waals surface area contributed by atoms with Gasteiger partial charge >= 0.3 is 0 Å². The molecule has 18 heavy (non-hydrogen) atoms. The Morgan fingerprint density at radius 2 is 2.33 bits per heavy atom. The van der Waals surface area contributed by atoms with E-state index in [1.54, 1.807) is 29.5 Å². The van der Waals surface area contributed by atoms with Crippen LogP contribution in [0.1, 0.15) is 21.1 Å². The SMILES string of the molecule is Cc1nc(CNC(=O)c2ccc(N)cc2Cl)cs1. The Hall–Kier alpha value is -1.59. The van der Waals surface area contributed by atoms with Crippen molar-refractivity contribution in [3.05, 3.63) is 44.9 Å². The molecule has 1 aromatic heterocycles. The third-order valence-corrected chi connectivity index (χ3v) is 3.47. The normalized spacial score (nSPS) is 10.3. The lowest BCUT2D eigenvalue weighted by Crippen LogP contribution is -2.23. The van der Waals surface area contributed by atoms with Gasteiger partial charge in [0.15, 0.2) is 0 Å². The summed E-state index contributed by atoms with van der Waals surface area (Å²) in [4.78, 5) is 16.2. The first-order chi connectivity index (χ1) is 8.56. The first-order valence-electron chi connectivity index (χ1n) is 5.30. The van der Waals surface area contributed by atoms with Crippen LogP contribution in [-0.2, 0) is 6.54 Å². The van der Waals surface area contributed by atoms with Crippen molar-refractivity contribution in [3.63, 3.8) is 0 Å². The molecule has 3 N–H and O–H groups in total. The van der Waals surface area contributed by atoms with Gasteiger partial charge in [-0.15, -0.1) is 11.3 Å². The first kappa shape index (κ1) is 12.9. The number of nitrogen functional groups attached to an aromatic ring is 1. The highest BCUT2D eigenvalue weighted by Gasteiger charge is 2.10. The average Bonchev–Trinajstić information content (AvgIpc) is 2.72. The number of nitrogens with zero attached hydrogens (tertiary/aromatic N) is 1. The second kappa shape index (κ2) is 5.37. The molecule has 1 aromatic carbocycles. The quantitative estimate of drug-likeness (QED) is 0.850. The summed E-state index contributed by atoms with van der Waals surface area (Å²) in [6.45, 7) is 2.32. The summed E-state index contributed by atoms with van der Waals surface area (Å²) in [5.41, 5.74) is 7.36. The highest BCUT2D eigenvalue weighted by atomic mass is 35.5. The molecule has 2 rings (SSSR count). The van der Waals surface area contributed by atoms with Gasteiger partial charge in [0.25, 0.3) is 5.91 Å². The van der Waals surface area contributed by atoms with E-state index in [0.29, 0.717) is 22.8 Å². The van der Waals surface area contributed by atoms with Crippen LogP contribution in [0.2, 0.25) is 5.02 Å². The zero-order chi connectivity index (χ0) is 13.1. The van der Waals surface area contributed by atoms with Crippen molar-refractivity contribution in [2.45, 2.75) is 13.5 Å². The molecule has 6 heteroatoms. The van der Waals surface area contributed by atoms with E-state index in [9.17, 15) is 4.79 Å². The number of rotatable bonds is 3. The number of carbonyl (C=O) groups is 1. The molecule has 0 spiro atoms. The van der Waals surface area contributed by atoms with Gasteiger partial charge in [-0.3, -0.25) is 4.79 Å². The Bertz CT molecular complexity index is 582. The standard InChI is InChI=1S/C12H12ClN3OS/c1-7-16-9(6-18-7)5-15-12(17)10-3-2-8(14)4-11(10)13/h2-4,6H,5,14H2,1H3,(H,15,17). The van der Waals surface area contributed by atoms with E-state index in [-0.39, 0.29) is 5.91 Å². The van der Waals surface area contributed by atoms with Crippen LogP contribution in [0, 0.1) is 6.92 Å². The lowest BCUT2D eigenvalue weighted by molar-refractivity contribution is 0.0950. The maximum Gasteiger partial charge on any atom is 0.253 e. The predicted octanol–water partition coefficient (Wildman–Crippen LogP) is 2.62. The molecule has 0 fully saturated rings. The summed E-state index contributed by atoms with van der Waals surface area (Å²) in [6, 6.07) is 4.82. The Balaban J connectivity index is 2.03. The highest BCUT2D eigenvalue weighted by molar-refractivity contribution is 7.09. The smallest absolute Gasteiger partial charge is 0.253 e. The van der Waals surface area contributed by atoms with Gasteiger partial charge in [0, 0.05) is 11.1 Å². The van der Waals surface area contributed by atoms with Crippen molar-refractivity contribution < 1.29 is 4.79 Å². The molecular formula is C12H12ClN3OS. The molecule has 0 unspecified atom stereocenters. The van der Waals surface area contributed by atoms with Crippen LogP contribution < -0.4 is 11.1 Å². The maximum absolute atomic E-state index is 11.9. The second-order valence-corrected chi connectivity index (χ2v) is 5.25. The zero-order valence-electron chi connectivity index (χ0n) is 9.74. The van der Waals surface area contributed by atoms with Gasteiger partial charge in [0.05, 0.1) is 27.8 Å². The fourth-order valence-electron chi connectivity index (χ4n) is 1.47. The van der Waals surface area contributed by atoms with Crippen LogP contribution in [0.4, 0.5) is 5.69 Å². The first-order valence-corrected chi connectivity index (χ1v) is 6.56. The highest BCUT2D eigenvalue weighted by Crippen LogP contribution is 2.19. The summed E-state index contributed by atoms with van der Waals surface area (Å²) in [5, 5.41) is 6.01. The van der Waals surface area contributed by atoms with E-state index >= 15 is 0 Å². The topological polar surface area (TPSA) is 68.0 Å². The molecule has 0 bridgehead atoms. The summed E-state index contributed by atoms with van der Waals surface area (Å²) in [6.07, 6.45) is 0. The molecule has 2 aromatic rings. The van der Waals surface area contributed by atoms with Crippen molar-refractivity contribution in [1.29, 1.82) is 0 Å². The molecule has 4 nitrogen and oxygen atoms in total. The average molecular weight is 282 g/mol. The minimum atomic E-state index is -0.231. The Kier molecular flexibility index (Phi) is 3.84. The number of thiazole rings is 1. The van der Waals surface area contributed by atoms with Crippen LogP contribution in [0.5, 0.6) is 0 Å². The van der Waals surface area contributed by atoms with Crippen LogP contribution >= 0.6 is 22.9 Å². The van der Waals surface area contributed by atoms with E-state index in [1.165, 1.54) is 0 Å². The fourth-order valence-corrected chi connectivity index (χ4v) is 2.36. The Morgan fingerprint density at radius 1 is 1.56 bits per heavy atom. The number of amides is 1. The minimum absolute atomic E-state index is 0.231. The zero-order valence-corrected chi connectivity index (χ0v) is 11.3. The number of nitrogens with one attached hydrogen (secondary N) is 1. The van der Waals surface area contributed by atoms with Gasteiger partial charge in [0.2, 0.25) is 0 Å². The number of benzene rings is 1. The second-order valence-electron chi connectivity index (χ2n) is 3.78. The van der Waals surface area contributed by atoms with E-state index in [1.807, 2.05) is 12.3 Å². The van der Waals surface area contributed by atoms with Gasteiger partial charge in [-0.2, -0.15) is 0 Å². The molecule has 0 radical (unpaired) electrons. The summed E-state index contributed by atoms with van der Waals surface area (Å²) in [5.74, 6) is -0.231. The molecule has 0 aliphatic heterocycles. The number of anilines is 1. The molecule has 0 saturated heterocycles. The molecule has 0 saturated carbocycles. The third kappa shape index (κ3) is 3.00. The number of halogens is 1. The van der Waals surface area contributed by atoms with Crippen LogP contribution in [0.3, 0.4) is 0 Å². The van der Waals surface area contributed by atoms with Gasteiger partial charge in [0.1, 0.15) is 0 Å². The number of aryl methyl sites for hydroxylation is 1. The van der Waals surface area contributed by atoms with Gasteiger partial charge in [-0.05, 0) is 25.1 Å². The van der Waals surface area contributed by atoms with Crippen molar-refractivity contribution in [3.8, 4) is 0 Å². The maximum atomic E-state index is 11.9. The monoisotopic (exact) mass is 281 g/mol. The largest absolute Gasteiger partial charge is 0.399 e. The summed E-state index contributed by atoms with van der Waals surface area (Å²) < 4.78 is 0. The summed E-state index contributed by atoms with van der Waals surface area (Å²) in [7, 11) is 0. The van der Waals surface area contributed by atoms with Crippen molar-refractivity contribution in [1.82, 2.24) is 10.3 Å². The third-order valence-electron chi connectivity index (χ3n) is 2.33. The minimum Gasteiger partial charge on any atom is -0.399 e. The van der Waals surface area contributed by atoms with Crippen LogP contribution in [0.15, 0.2) is 23.6 Å². The van der Waals surface area contributed by atoms with Gasteiger partial charge in [-0.25, -0.2) is 4.98 Å².